The number of carbonyl (C=O) groups is 1. The standard InChI is InChI=1S/C24H25NO3/c1-17(19-12-11-18-6-2-3-7-20(18)14-19)25-24(26)21-8-4-9-22(15-21)28-16-23-10-5-13-27-23/h2-4,6-9,11-12,14-15,17,23H,5,10,13,16H2,1H3,(H,25,26). The molecule has 28 heavy (non-hydrogen) atoms. The van der Waals surface area contributed by atoms with Gasteiger partial charge in [0.25, 0.3) is 5.91 Å². The number of amides is 1. The molecule has 0 radical (unpaired) electrons. The lowest BCUT2D eigenvalue weighted by atomic mass is 10.0. The molecule has 2 atom stereocenters. The molecule has 4 nitrogen and oxygen atoms in total. The Hall–Kier alpha value is -2.85. The number of ether oxygens (including phenoxy) is 2. The summed E-state index contributed by atoms with van der Waals surface area (Å²) in [6.07, 6.45) is 2.28. The minimum Gasteiger partial charge on any atom is -0.491 e. The van der Waals surface area contributed by atoms with Crippen LogP contribution in [0.25, 0.3) is 10.8 Å². The number of nitrogens with one attached hydrogen (secondary N) is 1. The molecule has 1 fully saturated rings. The summed E-state index contributed by atoms with van der Waals surface area (Å²) >= 11 is 0. The molecule has 3 aromatic carbocycles. The van der Waals surface area contributed by atoms with Crippen molar-refractivity contribution in [3.8, 4) is 5.75 Å². The molecule has 1 amide bonds. The van der Waals surface area contributed by atoms with Gasteiger partial charge in [-0.1, -0.05) is 42.5 Å². The van der Waals surface area contributed by atoms with E-state index in [0.29, 0.717) is 17.9 Å². The Labute approximate surface area is 165 Å². The minimum absolute atomic E-state index is 0.0893. The molecule has 1 saturated heterocycles. The van der Waals surface area contributed by atoms with E-state index in [4.69, 9.17) is 9.47 Å². The van der Waals surface area contributed by atoms with Crippen LogP contribution in [0.15, 0.2) is 66.7 Å². The van der Waals surface area contributed by atoms with Gasteiger partial charge in [0.15, 0.2) is 0 Å². The molecule has 2 unspecified atom stereocenters. The molecule has 144 valence electrons. The first-order valence-corrected chi connectivity index (χ1v) is 9.83. The van der Waals surface area contributed by atoms with Gasteiger partial charge in [0.2, 0.25) is 0 Å². The van der Waals surface area contributed by atoms with E-state index in [2.05, 4.69) is 35.6 Å². The lowest BCUT2D eigenvalue weighted by Crippen LogP contribution is -2.26. The van der Waals surface area contributed by atoms with Crippen LogP contribution in [0.5, 0.6) is 5.75 Å². The van der Waals surface area contributed by atoms with Gasteiger partial charge in [-0.3, -0.25) is 4.79 Å². The van der Waals surface area contributed by atoms with Crippen molar-refractivity contribution >= 4 is 16.7 Å². The van der Waals surface area contributed by atoms with Crippen LogP contribution in [-0.2, 0) is 4.74 Å². The van der Waals surface area contributed by atoms with Crippen molar-refractivity contribution in [1.29, 1.82) is 0 Å². The van der Waals surface area contributed by atoms with Crippen LogP contribution in [0.2, 0.25) is 0 Å². The van der Waals surface area contributed by atoms with Crippen LogP contribution in [0, 0.1) is 0 Å². The van der Waals surface area contributed by atoms with Gasteiger partial charge in [0.1, 0.15) is 12.4 Å². The summed E-state index contributed by atoms with van der Waals surface area (Å²) in [5, 5.41) is 5.45. The summed E-state index contributed by atoms with van der Waals surface area (Å²) in [5.41, 5.74) is 1.68. The Kier molecular flexibility index (Phi) is 5.58. The Morgan fingerprint density at radius 3 is 2.79 bits per heavy atom. The van der Waals surface area contributed by atoms with Crippen molar-refractivity contribution in [2.75, 3.05) is 13.2 Å². The molecule has 1 aliphatic rings. The highest BCUT2D eigenvalue weighted by Gasteiger charge is 2.17. The lowest BCUT2D eigenvalue weighted by Gasteiger charge is -2.16. The summed E-state index contributed by atoms with van der Waals surface area (Å²) in [6.45, 7) is 3.33. The van der Waals surface area contributed by atoms with Crippen LogP contribution in [0.3, 0.4) is 0 Å². The third kappa shape index (κ3) is 4.34. The van der Waals surface area contributed by atoms with Crippen LogP contribution < -0.4 is 10.1 Å². The highest BCUT2D eigenvalue weighted by molar-refractivity contribution is 5.95. The van der Waals surface area contributed by atoms with Gasteiger partial charge < -0.3 is 14.8 Å². The Bertz CT molecular complexity index is 963. The lowest BCUT2D eigenvalue weighted by molar-refractivity contribution is 0.0679. The third-order valence-electron chi connectivity index (χ3n) is 5.18. The predicted octanol–water partition coefficient (Wildman–Crippen LogP) is 4.89. The average molecular weight is 375 g/mol. The molecular formula is C24H25NO3. The largest absolute Gasteiger partial charge is 0.491 e. The van der Waals surface area contributed by atoms with Crippen LogP contribution >= 0.6 is 0 Å². The summed E-state index contributed by atoms with van der Waals surface area (Å²) in [6, 6.07) is 21.7. The zero-order chi connectivity index (χ0) is 19.3. The van der Waals surface area contributed by atoms with E-state index in [-0.39, 0.29) is 18.1 Å². The summed E-state index contributed by atoms with van der Waals surface area (Å²) in [5.74, 6) is 0.588. The molecular weight excluding hydrogens is 350 g/mol. The van der Waals surface area contributed by atoms with Crippen molar-refractivity contribution in [1.82, 2.24) is 5.32 Å². The number of hydrogen-bond donors (Lipinski definition) is 1. The SMILES string of the molecule is CC(NC(=O)c1cccc(OCC2CCCO2)c1)c1ccc2ccccc2c1. The van der Waals surface area contributed by atoms with Gasteiger partial charge >= 0.3 is 0 Å². The Morgan fingerprint density at radius 1 is 1.11 bits per heavy atom. The van der Waals surface area contributed by atoms with E-state index in [1.54, 1.807) is 12.1 Å². The maximum atomic E-state index is 12.7. The van der Waals surface area contributed by atoms with E-state index >= 15 is 0 Å². The molecule has 3 aromatic rings. The van der Waals surface area contributed by atoms with Gasteiger partial charge in [-0.15, -0.1) is 0 Å². The van der Waals surface area contributed by atoms with Crippen molar-refractivity contribution in [2.24, 2.45) is 0 Å². The number of benzene rings is 3. The number of rotatable bonds is 6. The van der Waals surface area contributed by atoms with Gasteiger partial charge in [-0.05, 0) is 60.4 Å². The molecule has 0 aromatic heterocycles. The normalized spacial score (nSPS) is 17.4. The number of carbonyl (C=O) groups excluding carboxylic acids is 1. The molecule has 0 saturated carbocycles. The summed E-state index contributed by atoms with van der Waals surface area (Å²) < 4.78 is 11.4. The first-order chi connectivity index (χ1) is 13.7. The van der Waals surface area contributed by atoms with Gasteiger partial charge in [0, 0.05) is 12.2 Å². The fourth-order valence-corrected chi connectivity index (χ4v) is 3.53. The quantitative estimate of drug-likeness (QED) is 0.667. The fraction of sp³-hybridized carbons (Fsp3) is 0.292. The van der Waals surface area contributed by atoms with E-state index in [0.717, 1.165) is 25.0 Å². The highest BCUT2D eigenvalue weighted by Crippen LogP contribution is 2.21. The molecule has 0 spiro atoms. The van der Waals surface area contributed by atoms with Gasteiger partial charge in [-0.2, -0.15) is 0 Å². The van der Waals surface area contributed by atoms with E-state index in [1.807, 2.05) is 31.2 Å². The third-order valence-corrected chi connectivity index (χ3v) is 5.18. The number of fused-ring (bicyclic) bond motifs is 1. The van der Waals surface area contributed by atoms with Crippen LogP contribution in [-0.4, -0.2) is 25.2 Å². The van der Waals surface area contributed by atoms with Crippen molar-refractivity contribution in [3.05, 3.63) is 77.9 Å². The Balaban J connectivity index is 1.41. The average Bonchev–Trinajstić information content (AvgIpc) is 3.26. The predicted molar refractivity (Wildman–Crippen MR) is 111 cm³/mol. The van der Waals surface area contributed by atoms with E-state index in [1.165, 1.54) is 10.8 Å². The topological polar surface area (TPSA) is 47.6 Å². The molecule has 1 heterocycles. The van der Waals surface area contributed by atoms with Crippen molar-refractivity contribution < 1.29 is 14.3 Å². The second-order valence-corrected chi connectivity index (χ2v) is 7.28. The van der Waals surface area contributed by atoms with Crippen LogP contribution in [0.4, 0.5) is 0 Å². The fourth-order valence-electron chi connectivity index (χ4n) is 3.53. The zero-order valence-corrected chi connectivity index (χ0v) is 16.1. The van der Waals surface area contributed by atoms with Crippen LogP contribution in [0.1, 0.15) is 41.7 Å². The summed E-state index contributed by atoms with van der Waals surface area (Å²) in [7, 11) is 0. The molecule has 0 bridgehead atoms. The van der Waals surface area contributed by atoms with Crippen molar-refractivity contribution in [3.63, 3.8) is 0 Å². The molecule has 4 heteroatoms. The maximum absolute atomic E-state index is 12.7. The molecule has 4 rings (SSSR count). The first kappa shape index (κ1) is 18.5. The highest BCUT2D eigenvalue weighted by atomic mass is 16.5. The smallest absolute Gasteiger partial charge is 0.251 e. The number of hydrogen-bond acceptors (Lipinski definition) is 3. The molecule has 0 aliphatic carbocycles. The van der Waals surface area contributed by atoms with E-state index in [9.17, 15) is 4.79 Å². The molecule has 1 N–H and O–H groups in total. The van der Waals surface area contributed by atoms with Gasteiger partial charge in [-0.25, -0.2) is 0 Å². The Morgan fingerprint density at radius 2 is 1.96 bits per heavy atom. The maximum Gasteiger partial charge on any atom is 0.251 e. The van der Waals surface area contributed by atoms with Gasteiger partial charge in [0.05, 0.1) is 12.1 Å². The second-order valence-electron chi connectivity index (χ2n) is 7.28. The zero-order valence-electron chi connectivity index (χ0n) is 16.1. The molecule has 1 aliphatic heterocycles. The monoisotopic (exact) mass is 375 g/mol. The van der Waals surface area contributed by atoms with E-state index < -0.39 is 0 Å². The van der Waals surface area contributed by atoms with Crippen molar-refractivity contribution in [2.45, 2.75) is 31.9 Å². The minimum atomic E-state index is -0.108. The first-order valence-electron chi connectivity index (χ1n) is 9.83. The second kappa shape index (κ2) is 8.44. The summed E-state index contributed by atoms with van der Waals surface area (Å²) in [4.78, 5) is 12.7.